The lowest BCUT2D eigenvalue weighted by molar-refractivity contribution is -0.116. The van der Waals surface area contributed by atoms with Crippen LogP contribution in [0.4, 0.5) is 11.4 Å². The molecule has 0 saturated heterocycles. The van der Waals surface area contributed by atoms with E-state index in [1.54, 1.807) is 30.5 Å². The first kappa shape index (κ1) is 21.2. The number of benzene rings is 2. The standard InChI is InChI=1S/C22H28N4O2/c1-4-5-6-7-21(27)24-19-12-10-18(11-13-19)22(28)25-23-16-17-8-14-20(15-9-17)26(2)3/h8-16H,4-7H2,1-3H3,(H,24,27)(H,25,28)/b23-16+. The number of unbranched alkanes of at least 4 members (excludes halogenated alkanes) is 2. The van der Waals surface area contributed by atoms with Gasteiger partial charge in [0.1, 0.15) is 0 Å². The Labute approximate surface area is 166 Å². The van der Waals surface area contributed by atoms with Crippen LogP contribution in [0.3, 0.4) is 0 Å². The Morgan fingerprint density at radius 1 is 1.00 bits per heavy atom. The summed E-state index contributed by atoms with van der Waals surface area (Å²) in [5.74, 6) is -0.308. The van der Waals surface area contributed by atoms with Crippen LogP contribution in [-0.2, 0) is 4.79 Å². The molecule has 0 bridgehead atoms. The van der Waals surface area contributed by atoms with Crippen molar-refractivity contribution in [2.45, 2.75) is 32.6 Å². The van der Waals surface area contributed by atoms with Crippen molar-refractivity contribution < 1.29 is 9.59 Å². The molecule has 0 fully saturated rings. The van der Waals surface area contributed by atoms with Crippen molar-refractivity contribution in [2.24, 2.45) is 5.10 Å². The molecule has 0 heterocycles. The Balaban J connectivity index is 1.84. The Morgan fingerprint density at radius 3 is 2.29 bits per heavy atom. The van der Waals surface area contributed by atoms with Crippen LogP contribution in [0.1, 0.15) is 48.5 Å². The number of rotatable bonds is 9. The largest absolute Gasteiger partial charge is 0.378 e. The molecule has 0 unspecified atom stereocenters. The van der Waals surface area contributed by atoms with Gasteiger partial charge < -0.3 is 10.2 Å². The third kappa shape index (κ3) is 6.87. The molecule has 2 N–H and O–H groups in total. The number of carbonyl (C=O) groups excluding carboxylic acids is 2. The summed E-state index contributed by atoms with van der Waals surface area (Å²) in [7, 11) is 3.96. The molecule has 0 saturated carbocycles. The molecule has 0 aliphatic heterocycles. The minimum Gasteiger partial charge on any atom is -0.378 e. The maximum Gasteiger partial charge on any atom is 0.271 e. The smallest absolute Gasteiger partial charge is 0.271 e. The van der Waals surface area contributed by atoms with Gasteiger partial charge in [0.2, 0.25) is 5.91 Å². The fraction of sp³-hybridized carbons (Fsp3) is 0.318. The molecule has 0 aromatic heterocycles. The first-order valence-electron chi connectivity index (χ1n) is 9.50. The molecule has 2 rings (SSSR count). The van der Waals surface area contributed by atoms with Crippen molar-refractivity contribution in [2.75, 3.05) is 24.3 Å². The quantitative estimate of drug-likeness (QED) is 0.392. The maximum atomic E-state index is 12.2. The number of nitrogens with one attached hydrogen (secondary N) is 2. The zero-order valence-electron chi connectivity index (χ0n) is 16.7. The number of nitrogens with zero attached hydrogens (tertiary/aromatic N) is 2. The molecule has 2 aromatic carbocycles. The molecule has 6 nitrogen and oxygen atoms in total. The van der Waals surface area contributed by atoms with Crippen LogP contribution in [0.15, 0.2) is 53.6 Å². The first-order chi connectivity index (χ1) is 13.5. The maximum absolute atomic E-state index is 12.2. The minimum absolute atomic E-state index is 0.00413. The van der Waals surface area contributed by atoms with E-state index in [4.69, 9.17) is 0 Å². The monoisotopic (exact) mass is 380 g/mol. The normalized spacial score (nSPS) is 10.7. The fourth-order valence-electron chi connectivity index (χ4n) is 2.55. The van der Waals surface area contributed by atoms with Gasteiger partial charge in [0.05, 0.1) is 6.21 Å². The lowest BCUT2D eigenvalue weighted by atomic mass is 10.1. The zero-order valence-corrected chi connectivity index (χ0v) is 16.7. The zero-order chi connectivity index (χ0) is 20.4. The second kappa shape index (κ2) is 10.9. The molecule has 6 heteroatoms. The number of anilines is 2. The summed E-state index contributed by atoms with van der Waals surface area (Å²) < 4.78 is 0. The van der Waals surface area contributed by atoms with Crippen molar-refractivity contribution in [1.29, 1.82) is 0 Å². The summed E-state index contributed by atoms with van der Waals surface area (Å²) in [6.07, 6.45) is 5.13. The second-order valence-electron chi connectivity index (χ2n) is 6.77. The molecule has 148 valence electrons. The predicted molar refractivity (Wildman–Crippen MR) is 115 cm³/mol. The van der Waals surface area contributed by atoms with E-state index in [1.807, 2.05) is 43.3 Å². The van der Waals surface area contributed by atoms with Crippen LogP contribution in [0.2, 0.25) is 0 Å². The number of hydrogen-bond donors (Lipinski definition) is 2. The highest BCUT2D eigenvalue weighted by atomic mass is 16.2. The second-order valence-corrected chi connectivity index (χ2v) is 6.77. The van der Waals surface area contributed by atoms with Gasteiger partial charge in [0.15, 0.2) is 0 Å². The summed E-state index contributed by atoms with van der Waals surface area (Å²) in [6.45, 7) is 2.10. The molecule has 0 aliphatic rings. The van der Waals surface area contributed by atoms with Crippen molar-refractivity contribution in [3.8, 4) is 0 Å². The third-order valence-electron chi connectivity index (χ3n) is 4.23. The summed E-state index contributed by atoms with van der Waals surface area (Å²) >= 11 is 0. The summed E-state index contributed by atoms with van der Waals surface area (Å²) in [5, 5.41) is 6.84. The number of carbonyl (C=O) groups is 2. The average Bonchev–Trinajstić information content (AvgIpc) is 2.69. The molecule has 0 aliphatic carbocycles. The van der Waals surface area contributed by atoms with Crippen LogP contribution in [-0.4, -0.2) is 32.1 Å². The van der Waals surface area contributed by atoms with E-state index in [2.05, 4.69) is 22.8 Å². The van der Waals surface area contributed by atoms with Gasteiger partial charge in [0, 0.05) is 37.5 Å². The topological polar surface area (TPSA) is 73.8 Å². The molecular formula is C22H28N4O2. The van der Waals surface area contributed by atoms with E-state index in [0.717, 1.165) is 30.5 Å². The van der Waals surface area contributed by atoms with Crippen molar-refractivity contribution in [3.63, 3.8) is 0 Å². The number of hydrogen-bond acceptors (Lipinski definition) is 4. The number of hydrazone groups is 1. The molecule has 2 aromatic rings. The highest BCUT2D eigenvalue weighted by Crippen LogP contribution is 2.12. The van der Waals surface area contributed by atoms with Crippen LogP contribution in [0, 0.1) is 0 Å². The molecule has 2 amide bonds. The van der Waals surface area contributed by atoms with E-state index < -0.39 is 0 Å². The fourth-order valence-corrected chi connectivity index (χ4v) is 2.55. The van der Waals surface area contributed by atoms with Gasteiger partial charge in [-0.3, -0.25) is 9.59 Å². The van der Waals surface area contributed by atoms with Crippen molar-refractivity contribution >= 4 is 29.4 Å². The lowest BCUT2D eigenvalue weighted by Crippen LogP contribution is -2.17. The van der Waals surface area contributed by atoms with E-state index >= 15 is 0 Å². The summed E-state index contributed by atoms with van der Waals surface area (Å²) in [4.78, 5) is 26.0. The van der Waals surface area contributed by atoms with Crippen LogP contribution in [0.25, 0.3) is 0 Å². The van der Waals surface area contributed by atoms with Gasteiger partial charge >= 0.3 is 0 Å². The van der Waals surface area contributed by atoms with Crippen LogP contribution >= 0.6 is 0 Å². The van der Waals surface area contributed by atoms with Gasteiger partial charge in [-0.15, -0.1) is 0 Å². The van der Waals surface area contributed by atoms with Gasteiger partial charge in [0.25, 0.3) is 5.91 Å². The highest BCUT2D eigenvalue weighted by Gasteiger charge is 2.06. The summed E-state index contributed by atoms with van der Waals surface area (Å²) in [5.41, 5.74) is 5.66. The third-order valence-corrected chi connectivity index (χ3v) is 4.23. The predicted octanol–water partition coefficient (Wildman–Crippen LogP) is 4.04. The Hall–Kier alpha value is -3.15. The lowest BCUT2D eigenvalue weighted by Gasteiger charge is -2.11. The summed E-state index contributed by atoms with van der Waals surface area (Å²) in [6, 6.07) is 14.6. The van der Waals surface area contributed by atoms with E-state index in [-0.39, 0.29) is 11.8 Å². The molecule has 0 radical (unpaired) electrons. The Morgan fingerprint density at radius 2 is 1.68 bits per heavy atom. The van der Waals surface area contributed by atoms with Crippen molar-refractivity contribution in [3.05, 3.63) is 59.7 Å². The molecular weight excluding hydrogens is 352 g/mol. The van der Waals surface area contributed by atoms with E-state index in [1.165, 1.54) is 0 Å². The SMILES string of the molecule is CCCCCC(=O)Nc1ccc(C(=O)N/N=C/c2ccc(N(C)C)cc2)cc1. The Kier molecular flexibility index (Phi) is 8.21. The van der Waals surface area contributed by atoms with Crippen LogP contribution in [0.5, 0.6) is 0 Å². The number of amides is 2. The molecule has 28 heavy (non-hydrogen) atoms. The molecule has 0 atom stereocenters. The Bertz CT molecular complexity index is 796. The van der Waals surface area contributed by atoms with Gasteiger partial charge in [-0.1, -0.05) is 31.9 Å². The average molecular weight is 380 g/mol. The van der Waals surface area contributed by atoms with E-state index in [9.17, 15) is 9.59 Å². The van der Waals surface area contributed by atoms with Gasteiger partial charge in [-0.05, 0) is 48.4 Å². The van der Waals surface area contributed by atoms with Crippen molar-refractivity contribution in [1.82, 2.24) is 5.43 Å². The minimum atomic E-state index is -0.304. The highest BCUT2D eigenvalue weighted by molar-refractivity contribution is 5.96. The van der Waals surface area contributed by atoms with Gasteiger partial charge in [-0.25, -0.2) is 5.43 Å². The van der Waals surface area contributed by atoms with Gasteiger partial charge in [-0.2, -0.15) is 5.10 Å². The van der Waals surface area contributed by atoms with E-state index in [0.29, 0.717) is 17.7 Å². The van der Waals surface area contributed by atoms with Crippen LogP contribution < -0.4 is 15.6 Å². The molecule has 0 spiro atoms. The first-order valence-corrected chi connectivity index (χ1v) is 9.50.